The molecule has 0 bridgehead atoms. The SMILES string of the molecule is CCn1c(=S)[nH]c2c(Cl)cc(Cl)cc2c1=O. The summed E-state index contributed by atoms with van der Waals surface area (Å²) < 4.78 is 1.83. The van der Waals surface area contributed by atoms with E-state index in [1.807, 2.05) is 6.92 Å². The van der Waals surface area contributed by atoms with Crippen LogP contribution in [0.25, 0.3) is 10.9 Å². The first-order valence-electron chi connectivity index (χ1n) is 4.66. The number of rotatable bonds is 1. The molecule has 1 N–H and O–H groups in total. The number of hydrogen-bond acceptors (Lipinski definition) is 2. The summed E-state index contributed by atoms with van der Waals surface area (Å²) in [4.78, 5) is 15.0. The molecule has 0 aliphatic carbocycles. The van der Waals surface area contributed by atoms with Crippen LogP contribution in [0.5, 0.6) is 0 Å². The maximum Gasteiger partial charge on any atom is 0.262 e. The molecule has 3 nitrogen and oxygen atoms in total. The van der Waals surface area contributed by atoms with Gasteiger partial charge in [-0.15, -0.1) is 0 Å². The minimum atomic E-state index is -0.175. The lowest BCUT2D eigenvalue weighted by Crippen LogP contribution is -2.21. The molecule has 84 valence electrons. The van der Waals surface area contributed by atoms with Crippen molar-refractivity contribution in [2.45, 2.75) is 13.5 Å². The first-order chi connectivity index (χ1) is 7.54. The van der Waals surface area contributed by atoms with Gasteiger partial charge in [-0.05, 0) is 31.3 Å². The van der Waals surface area contributed by atoms with Gasteiger partial charge < -0.3 is 4.98 Å². The lowest BCUT2D eigenvalue weighted by atomic mass is 10.2. The third kappa shape index (κ3) is 1.77. The quantitative estimate of drug-likeness (QED) is 0.810. The van der Waals surface area contributed by atoms with Crippen molar-refractivity contribution >= 4 is 46.3 Å². The second-order valence-corrected chi connectivity index (χ2v) is 4.52. The summed E-state index contributed by atoms with van der Waals surface area (Å²) in [6.07, 6.45) is 0. The van der Waals surface area contributed by atoms with Crippen molar-refractivity contribution in [1.82, 2.24) is 9.55 Å². The maximum absolute atomic E-state index is 12.0. The van der Waals surface area contributed by atoms with Crippen LogP contribution in [0.3, 0.4) is 0 Å². The van der Waals surface area contributed by atoms with Crippen molar-refractivity contribution in [3.63, 3.8) is 0 Å². The number of H-pyrrole nitrogens is 1. The zero-order valence-corrected chi connectivity index (χ0v) is 10.7. The third-order valence-electron chi connectivity index (χ3n) is 2.32. The van der Waals surface area contributed by atoms with Gasteiger partial charge in [0.1, 0.15) is 0 Å². The molecule has 0 saturated carbocycles. The van der Waals surface area contributed by atoms with Crippen LogP contribution in [0.1, 0.15) is 6.92 Å². The average molecular weight is 275 g/mol. The molecule has 2 rings (SSSR count). The van der Waals surface area contributed by atoms with Gasteiger partial charge in [0.2, 0.25) is 0 Å². The zero-order chi connectivity index (χ0) is 11.9. The van der Waals surface area contributed by atoms with Crippen LogP contribution < -0.4 is 5.56 Å². The van der Waals surface area contributed by atoms with Gasteiger partial charge in [-0.1, -0.05) is 23.2 Å². The van der Waals surface area contributed by atoms with Gasteiger partial charge in [0.25, 0.3) is 5.56 Å². The van der Waals surface area contributed by atoms with Gasteiger partial charge in [0.15, 0.2) is 4.77 Å². The molecule has 0 saturated heterocycles. The second kappa shape index (κ2) is 4.20. The highest BCUT2D eigenvalue weighted by molar-refractivity contribution is 7.71. The molecule has 6 heteroatoms. The van der Waals surface area contributed by atoms with Crippen LogP contribution in [0, 0.1) is 4.77 Å². The number of aromatic amines is 1. The first-order valence-corrected chi connectivity index (χ1v) is 5.83. The molecule has 0 atom stereocenters. The van der Waals surface area contributed by atoms with Gasteiger partial charge in [0.05, 0.1) is 15.9 Å². The summed E-state index contributed by atoms with van der Waals surface area (Å²) >= 11 is 16.9. The number of aromatic nitrogens is 2. The molecule has 0 fully saturated rings. The van der Waals surface area contributed by atoms with Crippen molar-refractivity contribution < 1.29 is 0 Å². The summed E-state index contributed by atoms with van der Waals surface area (Å²) in [7, 11) is 0. The highest BCUT2D eigenvalue weighted by atomic mass is 35.5. The molecule has 1 heterocycles. The van der Waals surface area contributed by atoms with E-state index in [1.165, 1.54) is 4.57 Å². The summed E-state index contributed by atoms with van der Waals surface area (Å²) in [6.45, 7) is 2.36. The number of hydrogen-bond donors (Lipinski definition) is 1. The molecule has 0 radical (unpaired) electrons. The minimum absolute atomic E-state index is 0.175. The molecular formula is C10H8Cl2N2OS. The number of halogens is 2. The number of nitrogens with one attached hydrogen (secondary N) is 1. The monoisotopic (exact) mass is 274 g/mol. The highest BCUT2D eigenvalue weighted by Crippen LogP contribution is 2.24. The number of nitrogens with zero attached hydrogens (tertiary/aromatic N) is 1. The van der Waals surface area contributed by atoms with Crippen LogP contribution >= 0.6 is 35.4 Å². The Morgan fingerprint density at radius 2 is 2.12 bits per heavy atom. The van der Waals surface area contributed by atoms with E-state index < -0.39 is 0 Å². The summed E-state index contributed by atoms with van der Waals surface area (Å²) in [5, 5.41) is 1.28. The van der Waals surface area contributed by atoms with Crippen LogP contribution in [-0.4, -0.2) is 9.55 Å². The van der Waals surface area contributed by atoms with Crippen molar-refractivity contribution in [1.29, 1.82) is 0 Å². The average Bonchev–Trinajstić information content (AvgIpc) is 2.21. The molecule has 2 aromatic rings. The van der Waals surface area contributed by atoms with E-state index >= 15 is 0 Å². The van der Waals surface area contributed by atoms with Crippen molar-refractivity contribution in [3.05, 3.63) is 37.3 Å². The Balaban J connectivity index is 3.05. The van der Waals surface area contributed by atoms with E-state index in [0.29, 0.717) is 32.3 Å². The van der Waals surface area contributed by atoms with Crippen molar-refractivity contribution in [3.8, 4) is 0 Å². The molecule has 0 aliphatic heterocycles. The third-order valence-corrected chi connectivity index (χ3v) is 3.16. The van der Waals surface area contributed by atoms with Gasteiger partial charge >= 0.3 is 0 Å². The molecule has 0 aliphatic rings. The Labute approximate surface area is 107 Å². The minimum Gasteiger partial charge on any atom is -0.330 e. The van der Waals surface area contributed by atoms with E-state index in [-0.39, 0.29) is 5.56 Å². The van der Waals surface area contributed by atoms with Crippen LogP contribution in [0.15, 0.2) is 16.9 Å². The van der Waals surface area contributed by atoms with Gasteiger partial charge in [-0.3, -0.25) is 9.36 Å². The Bertz CT molecular complexity index is 675. The van der Waals surface area contributed by atoms with Gasteiger partial charge in [0, 0.05) is 11.6 Å². The lowest BCUT2D eigenvalue weighted by Gasteiger charge is -2.06. The maximum atomic E-state index is 12.0. The van der Waals surface area contributed by atoms with Crippen molar-refractivity contribution in [2.75, 3.05) is 0 Å². The van der Waals surface area contributed by atoms with E-state index in [0.717, 1.165) is 0 Å². The molecule has 0 spiro atoms. The zero-order valence-electron chi connectivity index (χ0n) is 8.38. The molecule has 0 unspecified atom stereocenters. The number of fused-ring (bicyclic) bond motifs is 1. The summed E-state index contributed by atoms with van der Waals surface area (Å²) in [5.74, 6) is 0. The molecule has 1 aromatic heterocycles. The van der Waals surface area contributed by atoms with Crippen molar-refractivity contribution in [2.24, 2.45) is 0 Å². The fourth-order valence-electron chi connectivity index (χ4n) is 1.57. The van der Waals surface area contributed by atoms with E-state index in [2.05, 4.69) is 4.98 Å². The smallest absolute Gasteiger partial charge is 0.262 e. The fraction of sp³-hybridized carbons (Fsp3) is 0.200. The van der Waals surface area contributed by atoms with Crippen LogP contribution in [0.2, 0.25) is 10.0 Å². The molecular weight excluding hydrogens is 267 g/mol. The standard InChI is InChI=1S/C10H8Cl2N2OS/c1-2-14-9(15)6-3-5(11)4-7(12)8(6)13-10(14)16/h3-4H,2H2,1H3,(H,13,16). The molecule has 16 heavy (non-hydrogen) atoms. The largest absolute Gasteiger partial charge is 0.330 e. The fourth-order valence-corrected chi connectivity index (χ4v) is 2.42. The van der Waals surface area contributed by atoms with Gasteiger partial charge in [-0.25, -0.2) is 0 Å². The number of benzene rings is 1. The molecule has 0 amide bonds. The Kier molecular flexibility index (Phi) is 3.06. The normalized spacial score (nSPS) is 10.9. The lowest BCUT2D eigenvalue weighted by molar-refractivity contribution is 0.705. The predicted octanol–water partition coefficient (Wildman–Crippen LogP) is 3.39. The Morgan fingerprint density at radius 3 is 2.75 bits per heavy atom. The Hall–Kier alpha value is -0.840. The molecule has 1 aromatic carbocycles. The topological polar surface area (TPSA) is 37.8 Å². The van der Waals surface area contributed by atoms with E-state index in [4.69, 9.17) is 35.4 Å². The second-order valence-electron chi connectivity index (χ2n) is 3.29. The Morgan fingerprint density at radius 1 is 1.44 bits per heavy atom. The highest BCUT2D eigenvalue weighted by Gasteiger charge is 2.08. The predicted molar refractivity (Wildman–Crippen MR) is 69.1 cm³/mol. The van der Waals surface area contributed by atoms with Gasteiger partial charge in [-0.2, -0.15) is 0 Å². The van der Waals surface area contributed by atoms with E-state index in [9.17, 15) is 4.79 Å². The summed E-state index contributed by atoms with van der Waals surface area (Å²) in [6, 6.07) is 3.16. The van der Waals surface area contributed by atoms with Crippen LogP contribution in [0.4, 0.5) is 0 Å². The van der Waals surface area contributed by atoms with Crippen LogP contribution in [-0.2, 0) is 6.54 Å². The summed E-state index contributed by atoms with van der Waals surface area (Å²) in [5.41, 5.74) is 0.358. The van der Waals surface area contributed by atoms with E-state index in [1.54, 1.807) is 12.1 Å². The first kappa shape index (κ1) is 11.6.